The molecule has 0 radical (unpaired) electrons. The molecule has 0 saturated carbocycles. The van der Waals surface area contributed by atoms with Crippen molar-refractivity contribution < 1.29 is 4.79 Å². The van der Waals surface area contributed by atoms with Crippen LogP contribution in [0.25, 0.3) is 0 Å². The average molecular weight is 258 g/mol. The van der Waals surface area contributed by atoms with E-state index in [0.29, 0.717) is 13.0 Å². The molecule has 19 heavy (non-hydrogen) atoms. The molecule has 0 fully saturated rings. The van der Waals surface area contributed by atoms with Crippen LogP contribution < -0.4 is 5.32 Å². The number of nitrogens with one attached hydrogen (secondary N) is 1. The van der Waals surface area contributed by atoms with Crippen LogP contribution in [0.2, 0.25) is 0 Å². The van der Waals surface area contributed by atoms with Gasteiger partial charge >= 0.3 is 0 Å². The van der Waals surface area contributed by atoms with Crippen molar-refractivity contribution in [1.82, 2.24) is 5.32 Å². The van der Waals surface area contributed by atoms with Crippen LogP contribution in [0.3, 0.4) is 0 Å². The molecule has 1 unspecified atom stereocenters. The Morgan fingerprint density at radius 3 is 2.58 bits per heavy atom. The van der Waals surface area contributed by atoms with E-state index in [2.05, 4.69) is 38.2 Å². The summed E-state index contributed by atoms with van der Waals surface area (Å²) in [4.78, 5) is 11.7. The van der Waals surface area contributed by atoms with E-state index >= 15 is 0 Å². The first-order valence-electron chi connectivity index (χ1n) is 6.74. The Hall–Kier alpha value is -1.82. The molecule has 0 heterocycles. The summed E-state index contributed by atoms with van der Waals surface area (Å²) in [6.07, 6.45) is 1.37. The lowest BCUT2D eigenvalue weighted by Gasteiger charge is -2.12. The summed E-state index contributed by atoms with van der Waals surface area (Å²) in [7, 11) is 0. The Morgan fingerprint density at radius 1 is 1.32 bits per heavy atom. The summed E-state index contributed by atoms with van der Waals surface area (Å²) in [5, 5.41) is 11.6. The van der Waals surface area contributed by atoms with Crippen molar-refractivity contribution in [3.63, 3.8) is 0 Å². The standard InChI is InChI=1S/C16H22N2O/c1-5-14(10-17)16(19)18-9-8-15-7-6-11(2)12(3)13(15)4/h6-7,14H,5,8-9H2,1-4H3,(H,18,19). The third kappa shape index (κ3) is 3.82. The lowest BCUT2D eigenvalue weighted by molar-refractivity contribution is -0.123. The first-order chi connectivity index (χ1) is 9.01. The summed E-state index contributed by atoms with van der Waals surface area (Å²) in [6.45, 7) is 8.77. The molecule has 102 valence electrons. The van der Waals surface area contributed by atoms with Crippen LogP contribution >= 0.6 is 0 Å². The average Bonchev–Trinajstić information content (AvgIpc) is 2.40. The number of nitrogens with zero attached hydrogens (tertiary/aromatic N) is 1. The van der Waals surface area contributed by atoms with Gasteiger partial charge < -0.3 is 5.32 Å². The van der Waals surface area contributed by atoms with Gasteiger partial charge in [-0.3, -0.25) is 4.79 Å². The fraction of sp³-hybridized carbons (Fsp3) is 0.500. The van der Waals surface area contributed by atoms with Gasteiger partial charge in [-0.05, 0) is 55.9 Å². The predicted octanol–water partition coefficient (Wildman–Crippen LogP) is 2.82. The van der Waals surface area contributed by atoms with E-state index in [0.717, 1.165) is 6.42 Å². The lowest BCUT2D eigenvalue weighted by Crippen LogP contribution is -2.31. The van der Waals surface area contributed by atoms with Crippen LogP contribution in [0, 0.1) is 38.0 Å². The number of carbonyl (C=O) groups is 1. The summed E-state index contributed by atoms with van der Waals surface area (Å²) < 4.78 is 0. The molecule has 1 atom stereocenters. The van der Waals surface area contributed by atoms with Gasteiger partial charge in [-0.15, -0.1) is 0 Å². The molecule has 3 nitrogen and oxygen atoms in total. The van der Waals surface area contributed by atoms with Crippen molar-refractivity contribution in [2.45, 2.75) is 40.5 Å². The zero-order valence-electron chi connectivity index (χ0n) is 12.2. The van der Waals surface area contributed by atoms with Crippen molar-refractivity contribution in [3.05, 3.63) is 34.4 Å². The van der Waals surface area contributed by atoms with Crippen LogP contribution in [-0.2, 0) is 11.2 Å². The van der Waals surface area contributed by atoms with Crippen molar-refractivity contribution >= 4 is 5.91 Å². The molecule has 1 aromatic rings. The highest BCUT2D eigenvalue weighted by atomic mass is 16.1. The molecular formula is C16H22N2O. The topological polar surface area (TPSA) is 52.9 Å². The van der Waals surface area contributed by atoms with E-state index < -0.39 is 5.92 Å². The van der Waals surface area contributed by atoms with Gasteiger partial charge in [-0.1, -0.05) is 19.1 Å². The number of hydrogen-bond acceptors (Lipinski definition) is 2. The van der Waals surface area contributed by atoms with Crippen molar-refractivity contribution in [1.29, 1.82) is 5.26 Å². The summed E-state index contributed by atoms with van der Waals surface area (Å²) in [5.41, 5.74) is 5.16. The van der Waals surface area contributed by atoms with Gasteiger partial charge in [0.2, 0.25) is 5.91 Å². The fourth-order valence-corrected chi connectivity index (χ4v) is 2.06. The molecule has 1 N–H and O–H groups in total. The number of aryl methyl sites for hydroxylation is 1. The van der Waals surface area contributed by atoms with Crippen molar-refractivity contribution in [2.24, 2.45) is 5.92 Å². The lowest BCUT2D eigenvalue weighted by atomic mass is 9.97. The zero-order valence-corrected chi connectivity index (χ0v) is 12.2. The minimum atomic E-state index is -0.527. The number of carbonyl (C=O) groups excluding carboxylic acids is 1. The highest BCUT2D eigenvalue weighted by molar-refractivity contribution is 5.80. The maximum absolute atomic E-state index is 11.7. The monoisotopic (exact) mass is 258 g/mol. The predicted molar refractivity (Wildman–Crippen MR) is 76.8 cm³/mol. The molecule has 1 aromatic carbocycles. The molecule has 0 bridgehead atoms. The largest absolute Gasteiger partial charge is 0.355 e. The van der Waals surface area contributed by atoms with Gasteiger partial charge in [0.15, 0.2) is 0 Å². The first-order valence-corrected chi connectivity index (χ1v) is 6.74. The quantitative estimate of drug-likeness (QED) is 0.883. The molecule has 0 aliphatic heterocycles. The summed E-state index contributed by atoms with van der Waals surface area (Å²) >= 11 is 0. The van der Waals surface area contributed by atoms with E-state index in [1.165, 1.54) is 22.3 Å². The van der Waals surface area contributed by atoms with E-state index in [-0.39, 0.29) is 5.91 Å². The molecule has 0 aliphatic carbocycles. The molecule has 0 saturated heterocycles. The first kappa shape index (κ1) is 15.2. The van der Waals surface area contributed by atoms with Crippen LogP contribution in [0.4, 0.5) is 0 Å². The molecule has 1 amide bonds. The Balaban J connectivity index is 2.57. The smallest absolute Gasteiger partial charge is 0.237 e. The van der Waals surface area contributed by atoms with Crippen LogP contribution in [0.1, 0.15) is 35.6 Å². The highest BCUT2D eigenvalue weighted by Gasteiger charge is 2.14. The SMILES string of the molecule is CCC(C#N)C(=O)NCCc1ccc(C)c(C)c1C. The molecule has 0 spiro atoms. The molecular weight excluding hydrogens is 236 g/mol. The summed E-state index contributed by atoms with van der Waals surface area (Å²) in [5.74, 6) is -0.688. The minimum absolute atomic E-state index is 0.161. The van der Waals surface area contributed by atoms with Crippen molar-refractivity contribution in [2.75, 3.05) is 6.54 Å². The van der Waals surface area contributed by atoms with Crippen LogP contribution in [0.15, 0.2) is 12.1 Å². The minimum Gasteiger partial charge on any atom is -0.355 e. The second kappa shape index (κ2) is 6.94. The fourth-order valence-electron chi connectivity index (χ4n) is 2.06. The van der Waals surface area contributed by atoms with Gasteiger partial charge in [0.25, 0.3) is 0 Å². The Bertz CT molecular complexity index is 500. The number of hydrogen-bond donors (Lipinski definition) is 1. The van der Waals surface area contributed by atoms with Gasteiger partial charge in [-0.2, -0.15) is 5.26 Å². The van der Waals surface area contributed by atoms with Gasteiger partial charge in [-0.25, -0.2) is 0 Å². The van der Waals surface area contributed by atoms with Crippen molar-refractivity contribution in [3.8, 4) is 6.07 Å². The van der Waals surface area contributed by atoms with Gasteiger partial charge in [0.05, 0.1) is 6.07 Å². The Kier molecular flexibility index (Phi) is 5.57. The number of amides is 1. The molecule has 0 aromatic heterocycles. The number of benzene rings is 1. The Labute approximate surface area is 115 Å². The maximum Gasteiger partial charge on any atom is 0.237 e. The second-order valence-corrected chi connectivity index (χ2v) is 4.92. The maximum atomic E-state index is 11.7. The molecule has 1 rings (SSSR count). The van der Waals surface area contributed by atoms with Gasteiger partial charge in [0, 0.05) is 6.54 Å². The van der Waals surface area contributed by atoms with Crippen LogP contribution in [0.5, 0.6) is 0 Å². The second-order valence-electron chi connectivity index (χ2n) is 4.92. The number of nitriles is 1. The molecule has 0 aliphatic rings. The third-order valence-electron chi connectivity index (χ3n) is 3.74. The van der Waals surface area contributed by atoms with Gasteiger partial charge in [0.1, 0.15) is 5.92 Å². The summed E-state index contributed by atoms with van der Waals surface area (Å²) in [6, 6.07) is 6.25. The molecule has 3 heteroatoms. The third-order valence-corrected chi connectivity index (χ3v) is 3.74. The van der Waals surface area contributed by atoms with E-state index in [9.17, 15) is 4.79 Å². The highest BCUT2D eigenvalue weighted by Crippen LogP contribution is 2.17. The normalized spacial score (nSPS) is 11.7. The van der Waals surface area contributed by atoms with E-state index in [1.807, 2.05) is 13.0 Å². The zero-order chi connectivity index (χ0) is 14.4. The van der Waals surface area contributed by atoms with E-state index in [1.54, 1.807) is 0 Å². The Morgan fingerprint density at radius 2 is 2.00 bits per heavy atom. The van der Waals surface area contributed by atoms with Crippen LogP contribution in [-0.4, -0.2) is 12.5 Å². The number of rotatable bonds is 5. The van der Waals surface area contributed by atoms with E-state index in [4.69, 9.17) is 5.26 Å².